The van der Waals surface area contributed by atoms with Gasteiger partial charge in [-0.05, 0) is 18.8 Å². The Morgan fingerprint density at radius 1 is 0.486 bits per heavy atom. The zero-order chi connectivity index (χ0) is 25.8. The van der Waals surface area contributed by atoms with Crippen LogP contribution in [0.25, 0.3) is 0 Å². The average Bonchev–Trinajstić information content (AvgIpc) is 2.83. The van der Waals surface area contributed by atoms with Crippen LogP contribution in [-0.2, 0) is 19.1 Å². The molecule has 0 aliphatic carbocycles. The Hall–Kier alpha value is -1.06. The minimum Gasteiger partial charge on any atom is -0.466 e. The van der Waals surface area contributed by atoms with E-state index in [9.17, 15) is 9.59 Å². The van der Waals surface area contributed by atoms with Gasteiger partial charge in [0.2, 0.25) is 0 Å². The van der Waals surface area contributed by atoms with E-state index in [0.29, 0.717) is 38.4 Å². The van der Waals surface area contributed by atoms with Crippen molar-refractivity contribution in [1.82, 2.24) is 0 Å². The number of esters is 2. The lowest BCUT2D eigenvalue weighted by Gasteiger charge is -2.07. The lowest BCUT2D eigenvalue weighted by atomic mass is 10.0. The van der Waals surface area contributed by atoms with Crippen molar-refractivity contribution in [1.29, 1.82) is 0 Å². The van der Waals surface area contributed by atoms with E-state index in [0.717, 1.165) is 12.8 Å². The monoisotopic (exact) mass is 496 g/mol. The first kappa shape index (κ1) is 33.9. The second-order valence-corrected chi connectivity index (χ2v) is 10.9. The topological polar surface area (TPSA) is 52.6 Å². The number of hydrogen-bond acceptors (Lipinski definition) is 4. The van der Waals surface area contributed by atoms with Gasteiger partial charge in [-0.15, -0.1) is 0 Å². The molecule has 0 heterocycles. The summed E-state index contributed by atoms with van der Waals surface area (Å²) < 4.78 is 10.4. The molecule has 35 heavy (non-hydrogen) atoms. The standard InChI is InChI=1S/C31H60O4/c1-4-5-6-7-8-9-10-11-12-13-14-15-16-17-18-19-20-21-22-23-27-34-30(32)25-24-26-31(33)35-28-29(2)3/h29H,4-28H2,1-3H3. The van der Waals surface area contributed by atoms with Gasteiger partial charge in [-0.2, -0.15) is 0 Å². The average molecular weight is 497 g/mol. The fourth-order valence-electron chi connectivity index (χ4n) is 4.32. The number of ether oxygens (including phenoxy) is 2. The molecule has 0 radical (unpaired) electrons. The van der Waals surface area contributed by atoms with Gasteiger partial charge in [0.25, 0.3) is 0 Å². The highest BCUT2D eigenvalue weighted by Crippen LogP contribution is 2.15. The van der Waals surface area contributed by atoms with Crippen LogP contribution in [0.2, 0.25) is 0 Å². The molecule has 4 heteroatoms. The van der Waals surface area contributed by atoms with Crippen LogP contribution in [0.15, 0.2) is 0 Å². The van der Waals surface area contributed by atoms with Crippen molar-refractivity contribution in [3.8, 4) is 0 Å². The quantitative estimate of drug-likeness (QED) is 0.0838. The molecule has 0 rings (SSSR count). The fourth-order valence-corrected chi connectivity index (χ4v) is 4.32. The molecule has 0 N–H and O–H groups in total. The Balaban J connectivity index is 3.19. The second-order valence-electron chi connectivity index (χ2n) is 10.9. The maximum absolute atomic E-state index is 11.7. The summed E-state index contributed by atoms with van der Waals surface area (Å²) in [5.41, 5.74) is 0. The Morgan fingerprint density at radius 3 is 1.20 bits per heavy atom. The molecule has 0 unspecified atom stereocenters. The van der Waals surface area contributed by atoms with E-state index < -0.39 is 0 Å². The van der Waals surface area contributed by atoms with Gasteiger partial charge in [0.15, 0.2) is 0 Å². The van der Waals surface area contributed by atoms with Crippen LogP contribution in [0.1, 0.15) is 168 Å². The van der Waals surface area contributed by atoms with Crippen LogP contribution < -0.4 is 0 Å². The fraction of sp³-hybridized carbons (Fsp3) is 0.935. The second kappa shape index (κ2) is 27.5. The molecule has 208 valence electrons. The molecule has 0 saturated carbocycles. The lowest BCUT2D eigenvalue weighted by Crippen LogP contribution is -2.11. The first-order valence-electron chi connectivity index (χ1n) is 15.4. The van der Waals surface area contributed by atoms with E-state index in [-0.39, 0.29) is 11.9 Å². The molecule has 0 aromatic heterocycles. The molecule has 0 atom stereocenters. The van der Waals surface area contributed by atoms with Crippen LogP contribution in [0.4, 0.5) is 0 Å². The van der Waals surface area contributed by atoms with Crippen molar-refractivity contribution >= 4 is 11.9 Å². The number of carbonyl (C=O) groups is 2. The molecule has 0 bridgehead atoms. The van der Waals surface area contributed by atoms with Crippen LogP contribution in [0.5, 0.6) is 0 Å². The molecule has 0 saturated heterocycles. The summed E-state index contributed by atoms with van der Waals surface area (Å²) in [4.78, 5) is 23.2. The third-order valence-electron chi connectivity index (χ3n) is 6.60. The third-order valence-corrected chi connectivity index (χ3v) is 6.60. The Bertz CT molecular complexity index is 461. The maximum Gasteiger partial charge on any atom is 0.305 e. The van der Waals surface area contributed by atoms with E-state index in [1.807, 2.05) is 13.8 Å². The highest BCUT2D eigenvalue weighted by Gasteiger charge is 2.08. The summed E-state index contributed by atoms with van der Waals surface area (Å²) in [5.74, 6) is -0.0759. The first-order valence-corrected chi connectivity index (χ1v) is 15.4. The number of hydrogen-bond donors (Lipinski definition) is 0. The minimum absolute atomic E-state index is 0.195. The van der Waals surface area contributed by atoms with Gasteiger partial charge in [-0.1, -0.05) is 143 Å². The smallest absolute Gasteiger partial charge is 0.305 e. The zero-order valence-corrected chi connectivity index (χ0v) is 23.9. The Labute approximate surface area is 218 Å². The maximum atomic E-state index is 11.7. The normalized spacial score (nSPS) is 11.2. The van der Waals surface area contributed by atoms with Crippen molar-refractivity contribution in [2.75, 3.05) is 13.2 Å². The summed E-state index contributed by atoms with van der Waals surface area (Å²) in [6.45, 7) is 7.25. The minimum atomic E-state index is -0.222. The van der Waals surface area contributed by atoms with Gasteiger partial charge in [-0.3, -0.25) is 9.59 Å². The van der Waals surface area contributed by atoms with Crippen LogP contribution in [0.3, 0.4) is 0 Å². The highest BCUT2D eigenvalue weighted by atomic mass is 16.5. The molecule has 0 fully saturated rings. The molecule has 0 aromatic carbocycles. The van der Waals surface area contributed by atoms with Gasteiger partial charge in [-0.25, -0.2) is 0 Å². The summed E-state index contributed by atoms with van der Waals surface area (Å²) in [6.07, 6.45) is 28.4. The van der Waals surface area contributed by atoms with Gasteiger partial charge in [0.05, 0.1) is 13.2 Å². The molecule has 4 nitrogen and oxygen atoms in total. The summed E-state index contributed by atoms with van der Waals surface area (Å²) in [7, 11) is 0. The van der Waals surface area contributed by atoms with Crippen molar-refractivity contribution in [3.05, 3.63) is 0 Å². The SMILES string of the molecule is CCCCCCCCCCCCCCCCCCCCCCOC(=O)CCCC(=O)OCC(C)C. The summed E-state index contributed by atoms with van der Waals surface area (Å²) in [6, 6.07) is 0. The molecule has 0 amide bonds. The predicted molar refractivity (Wildman–Crippen MR) is 149 cm³/mol. The van der Waals surface area contributed by atoms with Crippen molar-refractivity contribution < 1.29 is 19.1 Å². The van der Waals surface area contributed by atoms with Gasteiger partial charge in [0.1, 0.15) is 0 Å². The highest BCUT2D eigenvalue weighted by molar-refractivity contribution is 5.72. The predicted octanol–water partition coefficient (Wildman–Crippen LogP) is 9.72. The van der Waals surface area contributed by atoms with Gasteiger partial charge < -0.3 is 9.47 Å². The summed E-state index contributed by atoms with van der Waals surface area (Å²) in [5, 5.41) is 0. The van der Waals surface area contributed by atoms with Crippen molar-refractivity contribution in [2.45, 2.75) is 168 Å². The third kappa shape index (κ3) is 29.1. The molecule has 0 aliphatic heterocycles. The van der Waals surface area contributed by atoms with E-state index >= 15 is 0 Å². The van der Waals surface area contributed by atoms with Crippen LogP contribution in [0, 0.1) is 5.92 Å². The summed E-state index contributed by atoms with van der Waals surface area (Å²) >= 11 is 0. The van der Waals surface area contributed by atoms with Gasteiger partial charge >= 0.3 is 11.9 Å². The molecule has 0 aromatic rings. The van der Waals surface area contributed by atoms with Crippen molar-refractivity contribution in [3.63, 3.8) is 0 Å². The molecule has 0 spiro atoms. The van der Waals surface area contributed by atoms with Crippen LogP contribution >= 0.6 is 0 Å². The first-order chi connectivity index (χ1) is 17.1. The number of unbranched alkanes of at least 4 members (excludes halogenated alkanes) is 19. The zero-order valence-electron chi connectivity index (χ0n) is 23.9. The van der Waals surface area contributed by atoms with Crippen LogP contribution in [-0.4, -0.2) is 25.2 Å². The largest absolute Gasteiger partial charge is 0.466 e. The Kier molecular flexibility index (Phi) is 26.7. The molecular weight excluding hydrogens is 436 g/mol. The van der Waals surface area contributed by atoms with Crippen molar-refractivity contribution in [2.24, 2.45) is 5.92 Å². The van der Waals surface area contributed by atoms with E-state index in [1.54, 1.807) is 0 Å². The van der Waals surface area contributed by atoms with E-state index in [4.69, 9.17) is 9.47 Å². The number of carbonyl (C=O) groups excluding carboxylic acids is 2. The molecule has 0 aliphatic rings. The van der Waals surface area contributed by atoms with Gasteiger partial charge in [0, 0.05) is 12.8 Å². The van der Waals surface area contributed by atoms with E-state index in [2.05, 4.69) is 6.92 Å². The Morgan fingerprint density at radius 2 is 0.829 bits per heavy atom. The number of rotatable bonds is 27. The van der Waals surface area contributed by atoms with E-state index in [1.165, 1.54) is 116 Å². The molecular formula is C31H60O4. The lowest BCUT2D eigenvalue weighted by molar-refractivity contribution is -0.146.